The van der Waals surface area contributed by atoms with Crippen LogP contribution in [0.4, 0.5) is 5.69 Å². The topological polar surface area (TPSA) is 67.1 Å². The van der Waals surface area contributed by atoms with E-state index in [0.29, 0.717) is 11.4 Å². The van der Waals surface area contributed by atoms with Gasteiger partial charge in [0.05, 0.1) is 5.52 Å². The van der Waals surface area contributed by atoms with Crippen molar-refractivity contribution in [3.63, 3.8) is 0 Å². The second kappa shape index (κ2) is 2.24. The van der Waals surface area contributed by atoms with E-state index in [4.69, 9.17) is 11.0 Å². The number of hydrogen-bond acceptors (Lipinski definition) is 3. The summed E-state index contributed by atoms with van der Waals surface area (Å²) in [6.45, 7) is 0. The third-order valence-corrected chi connectivity index (χ3v) is 1.67. The number of nitrogens with two attached hydrogens (primary N) is 1. The molecule has 0 radical (unpaired) electrons. The molecular weight excluding hydrogens is 152 g/mol. The fraction of sp³-hybridized carbons (Fsp3) is 0. The van der Waals surface area contributed by atoms with Crippen molar-refractivity contribution in [3.05, 3.63) is 30.4 Å². The first-order valence-electron chi connectivity index (χ1n) is 3.43. The highest BCUT2D eigenvalue weighted by atomic mass is 15.0. The Bertz CT molecular complexity index is 463. The summed E-state index contributed by atoms with van der Waals surface area (Å²) in [5, 5.41) is 8.65. The number of imidazole rings is 1. The van der Waals surface area contributed by atoms with E-state index in [-0.39, 0.29) is 0 Å². The minimum atomic E-state index is 0.405. The zero-order chi connectivity index (χ0) is 8.55. The van der Waals surface area contributed by atoms with Crippen LogP contribution >= 0.6 is 0 Å². The molecule has 4 nitrogen and oxygen atoms in total. The van der Waals surface area contributed by atoms with Crippen molar-refractivity contribution in [1.29, 1.82) is 5.26 Å². The fourth-order valence-corrected chi connectivity index (χ4v) is 1.09. The molecule has 0 aliphatic heterocycles. The Labute approximate surface area is 68.9 Å². The van der Waals surface area contributed by atoms with Crippen LogP contribution in [0.15, 0.2) is 24.7 Å². The number of nitriles is 1. The summed E-state index contributed by atoms with van der Waals surface area (Å²) in [6.07, 6.45) is 3.37. The van der Waals surface area contributed by atoms with Crippen molar-refractivity contribution in [1.82, 2.24) is 9.38 Å². The zero-order valence-corrected chi connectivity index (χ0v) is 6.23. The van der Waals surface area contributed by atoms with Crippen molar-refractivity contribution in [2.45, 2.75) is 0 Å². The van der Waals surface area contributed by atoms with Gasteiger partial charge in [-0.1, -0.05) is 0 Å². The maximum atomic E-state index is 8.65. The van der Waals surface area contributed by atoms with E-state index in [9.17, 15) is 0 Å². The van der Waals surface area contributed by atoms with Crippen molar-refractivity contribution in [3.8, 4) is 6.07 Å². The normalized spacial score (nSPS) is 9.92. The molecule has 2 heterocycles. The summed E-state index contributed by atoms with van der Waals surface area (Å²) in [7, 11) is 0. The standard InChI is InChI=1S/C8H6N4/c9-4-7-8-3-6(10)1-2-12(8)5-11-7/h1-3,5H,10H2. The molecule has 0 saturated heterocycles. The monoisotopic (exact) mass is 158 g/mol. The van der Waals surface area contributed by atoms with Gasteiger partial charge in [0.25, 0.3) is 0 Å². The molecule has 0 amide bonds. The Kier molecular flexibility index (Phi) is 1.25. The smallest absolute Gasteiger partial charge is 0.166 e. The molecule has 0 atom stereocenters. The highest BCUT2D eigenvalue weighted by Gasteiger charge is 2.01. The number of nitrogens with zero attached hydrogens (tertiary/aromatic N) is 3. The van der Waals surface area contributed by atoms with E-state index >= 15 is 0 Å². The summed E-state index contributed by atoms with van der Waals surface area (Å²) in [4.78, 5) is 3.90. The summed E-state index contributed by atoms with van der Waals surface area (Å²) in [5.74, 6) is 0. The van der Waals surface area contributed by atoms with Crippen LogP contribution in [0.2, 0.25) is 0 Å². The number of nitrogen functional groups attached to an aromatic ring is 1. The number of hydrogen-bond donors (Lipinski definition) is 1. The van der Waals surface area contributed by atoms with Gasteiger partial charge in [-0.25, -0.2) is 4.98 Å². The van der Waals surface area contributed by atoms with Gasteiger partial charge in [0.15, 0.2) is 5.69 Å². The van der Waals surface area contributed by atoms with E-state index < -0.39 is 0 Å². The Morgan fingerprint density at radius 3 is 3.17 bits per heavy atom. The van der Waals surface area contributed by atoms with E-state index in [2.05, 4.69) is 4.98 Å². The molecule has 2 rings (SSSR count). The van der Waals surface area contributed by atoms with Gasteiger partial charge in [-0.15, -0.1) is 0 Å². The molecule has 2 aromatic heterocycles. The molecule has 0 aromatic carbocycles. The first-order chi connectivity index (χ1) is 5.81. The third kappa shape index (κ3) is 0.805. The van der Waals surface area contributed by atoms with Gasteiger partial charge in [-0.05, 0) is 12.1 Å². The van der Waals surface area contributed by atoms with Crippen LogP contribution in [0.25, 0.3) is 5.52 Å². The molecule has 0 fully saturated rings. The minimum Gasteiger partial charge on any atom is -0.399 e. The van der Waals surface area contributed by atoms with Crippen molar-refractivity contribution in [2.75, 3.05) is 5.73 Å². The summed E-state index contributed by atoms with van der Waals surface area (Å²) < 4.78 is 1.76. The van der Waals surface area contributed by atoms with Crippen molar-refractivity contribution in [2.24, 2.45) is 0 Å². The molecule has 12 heavy (non-hydrogen) atoms. The molecule has 0 saturated carbocycles. The third-order valence-electron chi connectivity index (χ3n) is 1.67. The average molecular weight is 158 g/mol. The molecule has 0 spiro atoms. The van der Waals surface area contributed by atoms with Gasteiger partial charge in [-0.3, -0.25) is 0 Å². The second-order valence-corrected chi connectivity index (χ2v) is 2.46. The predicted octanol–water partition coefficient (Wildman–Crippen LogP) is 0.788. The van der Waals surface area contributed by atoms with Crippen LogP contribution in [-0.2, 0) is 0 Å². The van der Waals surface area contributed by atoms with Crippen LogP contribution in [0.5, 0.6) is 0 Å². The molecule has 0 aliphatic rings. The first kappa shape index (κ1) is 6.68. The molecular formula is C8H6N4. The van der Waals surface area contributed by atoms with Crippen molar-refractivity contribution >= 4 is 11.2 Å². The molecule has 0 bridgehead atoms. The maximum Gasteiger partial charge on any atom is 0.166 e. The van der Waals surface area contributed by atoms with E-state index in [1.54, 1.807) is 29.1 Å². The van der Waals surface area contributed by atoms with Crippen LogP contribution < -0.4 is 5.73 Å². The van der Waals surface area contributed by atoms with Gasteiger partial charge in [-0.2, -0.15) is 5.26 Å². The Morgan fingerprint density at radius 1 is 1.58 bits per heavy atom. The largest absolute Gasteiger partial charge is 0.399 e. The highest BCUT2D eigenvalue weighted by Crippen LogP contribution is 2.11. The lowest BCUT2D eigenvalue weighted by atomic mass is 10.3. The quantitative estimate of drug-likeness (QED) is 0.616. The number of anilines is 1. The summed E-state index contributed by atoms with van der Waals surface area (Å²) >= 11 is 0. The molecule has 0 aliphatic carbocycles. The van der Waals surface area contributed by atoms with Crippen LogP contribution in [0.1, 0.15) is 5.69 Å². The molecule has 2 N–H and O–H groups in total. The molecule has 2 aromatic rings. The van der Waals surface area contributed by atoms with Gasteiger partial charge in [0.1, 0.15) is 12.4 Å². The SMILES string of the molecule is N#Cc1ncn2ccc(N)cc12. The Morgan fingerprint density at radius 2 is 2.42 bits per heavy atom. The van der Waals surface area contributed by atoms with Gasteiger partial charge in [0.2, 0.25) is 0 Å². The number of rotatable bonds is 0. The van der Waals surface area contributed by atoms with E-state index in [1.165, 1.54) is 0 Å². The van der Waals surface area contributed by atoms with Crippen LogP contribution in [0.3, 0.4) is 0 Å². The maximum absolute atomic E-state index is 8.65. The molecule has 4 heteroatoms. The Hall–Kier alpha value is -2.02. The lowest BCUT2D eigenvalue weighted by molar-refractivity contribution is 1.15. The van der Waals surface area contributed by atoms with Gasteiger partial charge in [0, 0.05) is 11.9 Å². The Balaban J connectivity index is 2.86. The van der Waals surface area contributed by atoms with Crippen LogP contribution in [-0.4, -0.2) is 9.38 Å². The number of fused-ring (bicyclic) bond motifs is 1. The average Bonchev–Trinajstić information content (AvgIpc) is 2.46. The van der Waals surface area contributed by atoms with Crippen LogP contribution in [0, 0.1) is 11.3 Å². The van der Waals surface area contributed by atoms with Gasteiger partial charge >= 0.3 is 0 Å². The van der Waals surface area contributed by atoms with Crippen molar-refractivity contribution < 1.29 is 0 Å². The number of pyridine rings is 1. The summed E-state index contributed by atoms with van der Waals surface area (Å²) in [5.41, 5.74) is 7.35. The molecule has 0 unspecified atom stereocenters. The minimum absolute atomic E-state index is 0.405. The summed E-state index contributed by atoms with van der Waals surface area (Å²) in [6, 6.07) is 5.48. The fourth-order valence-electron chi connectivity index (χ4n) is 1.09. The zero-order valence-electron chi connectivity index (χ0n) is 6.23. The lowest BCUT2D eigenvalue weighted by Crippen LogP contribution is -1.87. The van der Waals surface area contributed by atoms with E-state index in [0.717, 1.165) is 5.52 Å². The number of aromatic nitrogens is 2. The highest BCUT2D eigenvalue weighted by molar-refractivity contribution is 5.63. The van der Waals surface area contributed by atoms with Gasteiger partial charge < -0.3 is 10.1 Å². The first-order valence-corrected chi connectivity index (χ1v) is 3.43. The van der Waals surface area contributed by atoms with E-state index in [1.807, 2.05) is 6.07 Å². The predicted molar refractivity (Wildman–Crippen MR) is 44.3 cm³/mol. The lowest BCUT2D eigenvalue weighted by Gasteiger charge is -1.94. The molecule has 58 valence electrons. The second-order valence-electron chi connectivity index (χ2n) is 2.46.